The number of carbonyl (C=O) groups is 2. The van der Waals surface area contributed by atoms with Crippen LogP contribution in [0.1, 0.15) is 26.3 Å². The Morgan fingerprint density at radius 3 is 2.22 bits per heavy atom. The number of nitro groups is 1. The van der Waals surface area contributed by atoms with Gasteiger partial charge in [-0.1, -0.05) is 12.1 Å². The van der Waals surface area contributed by atoms with Crippen molar-refractivity contribution in [1.29, 1.82) is 0 Å². The number of carboxylic acid groups (broad SMARTS) is 1. The Kier molecular flexibility index (Phi) is 5.80. The number of nitrogens with two attached hydrogens (primary N) is 1. The molecule has 0 saturated carbocycles. The lowest BCUT2D eigenvalue weighted by Crippen LogP contribution is -2.45. The SMILES string of the molecule is CC(C)(C)OC(=O)[C@@H](C(=O)O)[C@@H](N)Cc1ccc([N+](=O)[O-])cc1. The minimum atomic E-state index is -1.51. The number of nitro benzene ring substituents is 1. The first-order chi connectivity index (χ1) is 10.5. The van der Waals surface area contributed by atoms with Crippen molar-refractivity contribution in [3.63, 3.8) is 0 Å². The second-order valence-electron chi connectivity index (χ2n) is 6.14. The lowest BCUT2D eigenvalue weighted by molar-refractivity contribution is -0.384. The minimum absolute atomic E-state index is 0.0776. The van der Waals surface area contributed by atoms with Crippen molar-refractivity contribution in [3.05, 3.63) is 39.9 Å². The topological polar surface area (TPSA) is 133 Å². The van der Waals surface area contributed by atoms with Gasteiger partial charge < -0.3 is 15.6 Å². The molecule has 23 heavy (non-hydrogen) atoms. The Labute approximate surface area is 133 Å². The molecule has 0 amide bonds. The lowest BCUT2D eigenvalue weighted by atomic mass is 9.94. The Bertz CT molecular complexity index is 591. The number of esters is 1. The van der Waals surface area contributed by atoms with Gasteiger partial charge in [-0.2, -0.15) is 0 Å². The monoisotopic (exact) mass is 324 g/mol. The predicted molar refractivity (Wildman–Crippen MR) is 81.7 cm³/mol. The molecular formula is C15H20N2O6. The number of nitrogens with zero attached hydrogens (tertiary/aromatic N) is 1. The maximum atomic E-state index is 12.0. The first-order valence-electron chi connectivity index (χ1n) is 6.96. The maximum absolute atomic E-state index is 12.0. The Hall–Kier alpha value is -2.48. The Balaban J connectivity index is 2.86. The molecule has 8 heteroatoms. The highest BCUT2D eigenvalue weighted by atomic mass is 16.6. The number of aliphatic carboxylic acids is 1. The number of carboxylic acids is 1. The third-order valence-corrected chi connectivity index (χ3v) is 2.97. The van der Waals surface area contributed by atoms with E-state index in [4.69, 9.17) is 10.5 Å². The minimum Gasteiger partial charge on any atom is -0.481 e. The van der Waals surface area contributed by atoms with Crippen LogP contribution in [0.15, 0.2) is 24.3 Å². The van der Waals surface area contributed by atoms with Crippen molar-refractivity contribution in [1.82, 2.24) is 0 Å². The van der Waals surface area contributed by atoms with Gasteiger partial charge in [0.05, 0.1) is 4.92 Å². The summed E-state index contributed by atoms with van der Waals surface area (Å²) >= 11 is 0. The summed E-state index contributed by atoms with van der Waals surface area (Å²) in [7, 11) is 0. The Morgan fingerprint density at radius 1 is 1.30 bits per heavy atom. The number of hydrogen-bond acceptors (Lipinski definition) is 6. The molecule has 0 aliphatic carbocycles. The highest BCUT2D eigenvalue weighted by Gasteiger charge is 2.36. The second-order valence-corrected chi connectivity index (χ2v) is 6.14. The van der Waals surface area contributed by atoms with Crippen LogP contribution in [0.5, 0.6) is 0 Å². The van der Waals surface area contributed by atoms with E-state index in [0.29, 0.717) is 5.56 Å². The van der Waals surface area contributed by atoms with Gasteiger partial charge in [0.15, 0.2) is 5.92 Å². The van der Waals surface area contributed by atoms with Crippen molar-refractivity contribution >= 4 is 17.6 Å². The zero-order valence-corrected chi connectivity index (χ0v) is 13.2. The van der Waals surface area contributed by atoms with Crippen molar-refractivity contribution in [2.75, 3.05) is 0 Å². The standard InChI is InChI=1S/C15H20N2O6/c1-15(2,3)23-14(20)12(13(18)19)11(16)8-9-4-6-10(7-5-9)17(21)22/h4-7,11-12H,8,16H2,1-3H3,(H,18,19)/t11-,12+/m0/s1. The van der Waals surface area contributed by atoms with Gasteiger partial charge in [0.25, 0.3) is 5.69 Å². The molecule has 0 radical (unpaired) electrons. The molecular weight excluding hydrogens is 304 g/mol. The molecule has 0 aromatic heterocycles. The van der Waals surface area contributed by atoms with Crippen LogP contribution in [0.4, 0.5) is 5.69 Å². The van der Waals surface area contributed by atoms with Crippen LogP contribution < -0.4 is 5.73 Å². The first kappa shape index (κ1) is 18.6. The van der Waals surface area contributed by atoms with Crippen LogP contribution in [-0.2, 0) is 20.7 Å². The summed E-state index contributed by atoms with van der Waals surface area (Å²) in [4.78, 5) is 33.4. The van der Waals surface area contributed by atoms with E-state index in [-0.39, 0.29) is 12.1 Å². The first-order valence-corrected chi connectivity index (χ1v) is 6.96. The van der Waals surface area contributed by atoms with Crippen LogP contribution in [0, 0.1) is 16.0 Å². The number of hydrogen-bond donors (Lipinski definition) is 2. The van der Waals surface area contributed by atoms with Gasteiger partial charge >= 0.3 is 11.9 Å². The van der Waals surface area contributed by atoms with Crippen molar-refractivity contribution in [2.45, 2.75) is 38.8 Å². The third kappa shape index (κ3) is 5.67. The molecule has 8 nitrogen and oxygen atoms in total. The highest BCUT2D eigenvalue weighted by Crippen LogP contribution is 2.18. The number of ether oxygens (including phenoxy) is 1. The summed E-state index contributed by atoms with van der Waals surface area (Å²) < 4.78 is 5.08. The summed E-state index contributed by atoms with van der Waals surface area (Å²) in [6, 6.07) is 4.54. The van der Waals surface area contributed by atoms with Crippen molar-refractivity contribution in [3.8, 4) is 0 Å². The van der Waals surface area contributed by atoms with E-state index in [1.807, 2.05) is 0 Å². The van der Waals surface area contributed by atoms with Crippen molar-refractivity contribution in [2.24, 2.45) is 11.7 Å². The van der Waals surface area contributed by atoms with Gasteiger partial charge in [-0.15, -0.1) is 0 Å². The number of benzene rings is 1. The summed E-state index contributed by atoms with van der Waals surface area (Å²) in [5.41, 5.74) is 5.55. The van der Waals surface area contributed by atoms with Crippen LogP contribution in [0.25, 0.3) is 0 Å². The van der Waals surface area contributed by atoms with E-state index < -0.39 is 34.4 Å². The molecule has 0 unspecified atom stereocenters. The van der Waals surface area contributed by atoms with Gasteiger partial charge in [-0.3, -0.25) is 19.7 Å². The van der Waals surface area contributed by atoms with Gasteiger partial charge in [0, 0.05) is 18.2 Å². The molecule has 0 aliphatic rings. The molecule has 3 N–H and O–H groups in total. The van der Waals surface area contributed by atoms with E-state index in [0.717, 1.165) is 0 Å². The van der Waals surface area contributed by atoms with E-state index in [9.17, 15) is 24.8 Å². The summed E-state index contributed by atoms with van der Waals surface area (Å²) in [5, 5.41) is 19.8. The normalized spacial score (nSPS) is 13.9. The largest absolute Gasteiger partial charge is 0.481 e. The van der Waals surface area contributed by atoms with Crippen molar-refractivity contribution < 1.29 is 24.4 Å². The van der Waals surface area contributed by atoms with Gasteiger partial charge in [0.1, 0.15) is 5.60 Å². The third-order valence-electron chi connectivity index (χ3n) is 2.97. The molecule has 0 bridgehead atoms. The molecule has 1 aromatic rings. The zero-order chi connectivity index (χ0) is 17.8. The number of non-ortho nitro benzene ring substituents is 1. The fourth-order valence-corrected chi connectivity index (χ4v) is 1.97. The van der Waals surface area contributed by atoms with Gasteiger partial charge in [-0.25, -0.2) is 0 Å². The van der Waals surface area contributed by atoms with Crippen LogP contribution >= 0.6 is 0 Å². The van der Waals surface area contributed by atoms with Crippen LogP contribution in [0.2, 0.25) is 0 Å². The van der Waals surface area contributed by atoms with Gasteiger partial charge in [-0.05, 0) is 32.8 Å². The average molecular weight is 324 g/mol. The zero-order valence-electron chi connectivity index (χ0n) is 13.2. The fourth-order valence-electron chi connectivity index (χ4n) is 1.97. The summed E-state index contributed by atoms with van der Waals surface area (Å²) in [6.45, 7) is 4.89. The molecule has 126 valence electrons. The average Bonchev–Trinajstić information content (AvgIpc) is 2.36. The fraction of sp³-hybridized carbons (Fsp3) is 0.467. The van der Waals surface area contributed by atoms with E-state index in [1.54, 1.807) is 20.8 Å². The summed E-state index contributed by atoms with van der Waals surface area (Å²) in [6.07, 6.45) is 0.0776. The molecule has 0 aliphatic heterocycles. The molecule has 1 aromatic carbocycles. The van der Waals surface area contributed by atoms with E-state index >= 15 is 0 Å². The van der Waals surface area contributed by atoms with Crippen LogP contribution in [-0.4, -0.2) is 33.6 Å². The van der Waals surface area contributed by atoms with E-state index in [2.05, 4.69) is 0 Å². The predicted octanol–water partition coefficient (Wildman–Crippen LogP) is 1.51. The smallest absolute Gasteiger partial charge is 0.322 e. The second kappa shape index (κ2) is 7.19. The summed E-state index contributed by atoms with van der Waals surface area (Å²) in [5.74, 6) is -3.78. The molecule has 1 rings (SSSR count). The van der Waals surface area contributed by atoms with E-state index in [1.165, 1.54) is 24.3 Å². The Morgan fingerprint density at radius 2 is 1.83 bits per heavy atom. The maximum Gasteiger partial charge on any atom is 0.322 e. The lowest BCUT2D eigenvalue weighted by Gasteiger charge is -2.25. The molecule has 0 fully saturated rings. The molecule has 0 saturated heterocycles. The number of carbonyl (C=O) groups excluding carboxylic acids is 1. The molecule has 0 heterocycles. The highest BCUT2D eigenvalue weighted by molar-refractivity contribution is 5.95. The van der Waals surface area contributed by atoms with Crippen LogP contribution in [0.3, 0.4) is 0 Å². The molecule has 0 spiro atoms. The quantitative estimate of drug-likeness (QED) is 0.350. The molecule has 2 atom stereocenters. The van der Waals surface area contributed by atoms with Gasteiger partial charge in [0.2, 0.25) is 0 Å². The number of rotatable bonds is 6.